The molecule has 0 amide bonds. The van der Waals surface area contributed by atoms with Gasteiger partial charge < -0.3 is 10.1 Å². The monoisotopic (exact) mass is 233 g/mol. The van der Waals surface area contributed by atoms with Crippen LogP contribution in [-0.2, 0) is 6.54 Å². The predicted molar refractivity (Wildman–Crippen MR) is 55.1 cm³/mol. The molecule has 16 heavy (non-hydrogen) atoms. The standard InChI is InChI=1S/C11H14F3NO/c1-2-7-15-8-9-5-3-4-6-10(9)16-11(12,13)14/h3-6,15H,2,7-8H2,1H3. The van der Waals surface area contributed by atoms with Gasteiger partial charge in [0.25, 0.3) is 0 Å². The Morgan fingerprint density at radius 1 is 1.25 bits per heavy atom. The molecule has 0 heterocycles. The molecule has 0 bridgehead atoms. The van der Waals surface area contributed by atoms with Gasteiger partial charge in [0.2, 0.25) is 0 Å². The van der Waals surface area contributed by atoms with Crippen LogP contribution in [0.5, 0.6) is 5.75 Å². The number of halogens is 3. The summed E-state index contributed by atoms with van der Waals surface area (Å²) < 4.78 is 40.1. The zero-order valence-electron chi connectivity index (χ0n) is 8.97. The van der Waals surface area contributed by atoms with Gasteiger partial charge in [-0.3, -0.25) is 0 Å². The van der Waals surface area contributed by atoms with Crippen molar-refractivity contribution in [2.75, 3.05) is 6.54 Å². The number of hydrogen-bond acceptors (Lipinski definition) is 2. The van der Waals surface area contributed by atoms with E-state index < -0.39 is 6.36 Å². The molecule has 0 aliphatic carbocycles. The lowest BCUT2D eigenvalue weighted by Crippen LogP contribution is -2.20. The molecule has 0 radical (unpaired) electrons. The second-order valence-electron chi connectivity index (χ2n) is 3.33. The first-order chi connectivity index (χ1) is 7.53. The molecule has 1 N–H and O–H groups in total. The fraction of sp³-hybridized carbons (Fsp3) is 0.455. The first-order valence-corrected chi connectivity index (χ1v) is 5.07. The Morgan fingerprint density at radius 2 is 1.94 bits per heavy atom. The molecule has 0 unspecified atom stereocenters. The lowest BCUT2D eigenvalue weighted by Gasteiger charge is -2.13. The number of rotatable bonds is 5. The van der Waals surface area contributed by atoms with Crippen LogP contribution in [0, 0.1) is 0 Å². The Bertz CT molecular complexity index is 325. The molecule has 1 aromatic rings. The van der Waals surface area contributed by atoms with Gasteiger partial charge in [0.15, 0.2) is 0 Å². The van der Waals surface area contributed by atoms with Crippen LogP contribution < -0.4 is 10.1 Å². The highest BCUT2D eigenvalue weighted by atomic mass is 19.4. The summed E-state index contributed by atoms with van der Waals surface area (Å²) in [6, 6.07) is 6.14. The molecule has 0 aliphatic heterocycles. The van der Waals surface area contributed by atoms with Crippen LogP contribution in [0.4, 0.5) is 13.2 Å². The first-order valence-electron chi connectivity index (χ1n) is 5.07. The van der Waals surface area contributed by atoms with Crippen LogP contribution in [0.1, 0.15) is 18.9 Å². The van der Waals surface area contributed by atoms with E-state index in [0.717, 1.165) is 13.0 Å². The molecule has 0 aliphatic rings. The van der Waals surface area contributed by atoms with E-state index in [1.807, 2.05) is 6.92 Å². The predicted octanol–water partition coefficient (Wildman–Crippen LogP) is 3.08. The largest absolute Gasteiger partial charge is 0.573 e. The molecule has 0 aromatic heterocycles. The molecule has 0 atom stereocenters. The fourth-order valence-corrected chi connectivity index (χ4v) is 1.27. The van der Waals surface area contributed by atoms with Crippen molar-refractivity contribution in [2.45, 2.75) is 26.3 Å². The number of nitrogens with one attached hydrogen (secondary N) is 1. The van der Waals surface area contributed by atoms with Gasteiger partial charge in [0.1, 0.15) is 5.75 Å². The van der Waals surface area contributed by atoms with Crippen molar-refractivity contribution < 1.29 is 17.9 Å². The number of benzene rings is 1. The molecule has 1 rings (SSSR count). The van der Waals surface area contributed by atoms with Gasteiger partial charge >= 0.3 is 6.36 Å². The van der Waals surface area contributed by atoms with Gasteiger partial charge in [0.05, 0.1) is 0 Å². The van der Waals surface area contributed by atoms with Gasteiger partial charge in [-0.1, -0.05) is 25.1 Å². The van der Waals surface area contributed by atoms with Crippen molar-refractivity contribution in [3.8, 4) is 5.75 Å². The normalized spacial score (nSPS) is 11.5. The summed E-state index contributed by atoms with van der Waals surface area (Å²) in [5.41, 5.74) is 0.508. The maximum Gasteiger partial charge on any atom is 0.573 e. The van der Waals surface area contributed by atoms with E-state index in [1.54, 1.807) is 12.1 Å². The molecule has 5 heteroatoms. The second-order valence-corrected chi connectivity index (χ2v) is 3.33. The molecule has 0 saturated heterocycles. The Hall–Kier alpha value is -1.23. The van der Waals surface area contributed by atoms with Crippen LogP contribution in [-0.4, -0.2) is 12.9 Å². The van der Waals surface area contributed by atoms with Crippen molar-refractivity contribution in [2.24, 2.45) is 0 Å². The Kier molecular flexibility index (Phi) is 4.61. The third kappa shape index (κ3) is 4.53. The van der Waals surface area contributed by atoms with Crippen molar-refractivity contribution in [3.63, 3.8) is 0 Å². The summed E-state index contributed by atoms with van der Waals surface area (Å²) in [4.78, 5) is 0. The summed E-state index contributed by atoms with van der Waals surface area (Å²) in [5, 5.41) is 3.03. The Balaban J connectivity index is 2.68. The van der Waals surface area contributed by atoms with Crippen molar-refractivity contribution in [1.29, 1.82) is 0 Å². The highest BCUT2D eigenvalue weighted by Gasteiger charge is 2.31. The minimum Gasteiger partial charge on any atom is -0.405 e. The van der Waals surface area contributed by atoms with Gasteiger partial charge in [0, 0.05) is 12.1 Å². The average Bonchev–Trinajstić information content (AvgIpc) is 2.19. The van der Waals surface area contributed by atoms with E-state index in [0.29, 0.717) is 12.1 Å². The van der Waals surface area contributed by atoms with Crippen LogP contribution in [0.15, 0.2) is 24.3 Å². The van der Waals surface area contributed by atoms with Gasteiger partial charge in [-0.15, -0.1) is 13.2 Å². The van der Waals surface area contributed by atoms with Crippen LogP contribution in [0.3, 0.4) is 0 Å². The molecule has 1 aromatic carbocycles. The smallest absolute Gasteiger partial charge is 0.405 e. The summed E-state index contributed by atoms with van der Waals surface area (Å²) in [6.45, 7) is 3.13. The first kappa shape index (κ1) is 12.8. The van der Waals surface area contributed by atoms with Crippen molar-refractivity contribution >= 4 is 0 Å². The highest BCUT2D eigenvalue weighted by Crippen LogP contribution is 2.25. The lowest BCUT2D eigenvalue weighted by atomic mass is 10.2. The summed E-state index contributed by atoms with van der Waals surface area (Å²) in [6.07, 6.45) is -3.71. The Morgan fingerprint density at radius 3 is 2.56 bits per heavy atom. The number of hydrogen-bond donors (Lipinski definition) is 1. The molecule has 2 nitrogen and oxygen atoms in total. The topological polar surface area (TPSA) is 21.3 Å². The van der Waals surface area contributed by atoms with Crippen LogP contribution >= 0.6 is 0 Å². The van der Waals surface area contributed by atoms with Crippen LogP contribution in [0.2, 0.25) is 0 Å². The van der Waals surface area contributed by atoms with Crippen molar-refractivity contribution in [1.82, 2.24) is 5.32 Å². The van der Waals surface area contributed by atoms with Gasteiger partial charge in [-0.05, 0) is 19.0 Å². The molecule has 0 spiro atoms. The van der Waals surface area contributed by atoms with E-state index in [1.165, 1.54) is 12.1 Å². The van der Waals surface area contributed by atoms with E-state index >= 15 is 0 Å². The summed E-state index contributed by atoms with van der Waals surface area (Å²) in [5.74, 6) is -0.140. The highest BCUT2D eigenvalue weighted by molar-refractivity contribution is 5.33. The molecule has 90 valence electrons. The third-order valence-electron chi connectivity index (χ3n) is 1.94. The number of para-hydroxylation sites is 1. The molecule has 0 fully saturated rings. The molecule has 0 saturated carbocycles. The fourth-order valence-electron chi connectivity index (χ4n) is 1.27. The van der Waals surface area contributed by atoms with Crippen LogP contribution in [0.25, 0.3) is 0 Å². The second kappa shape index (κ2) is 5.75. The Labute approximate surface area is 92.4 Å². The SMILES string of the molecule is CCCNCc1ccccc1OC(F)(F)F. The minimum atomic E-state index is -4.64. The van der Waals surface area contributed by atoms with Crippen molar-refractivity contribution in [3.05, 3.63) is 29.8 Å². The summed E-state index contributed by atoms with van der Waals surface area (Å²) in [7, 11) is 0. The maximum absolute atomic E-state index is 12.1. The quantitative estimate of drug-likeness (QED) is 0.789. The number of ether oxygens (including phenoxy) is 1. The lowest BCUT2D eigenvalue weighted by molar-refractivity contribution is -0.274. The molecular weight excluding hydrogens is 219 g/mol. The zero-order valence-corrected chi connectivity index (χ0v) is 8.97. The zero-order chi connectivity index (χ0) is 12.0. The van der Waals surface area contributed by atoms with E-state index in [2.05, 4.69) is 10.1 Å². The minimum absolute atomic E-state index is 0.140. The number of alkyl halides is 3. The van der Waals surface area contributed by atoms with E-state index in [4.69, 9.17) is 0 Å². The van der Waals surface area contributed by atoms with Gasteiger partial charge in [-0.2, -0.15) is 0 Å². The summed E-state index contributed by atoms with van der Waals surface area (Å²) >= 11 is 0. The third-order valence-corrected chi connectivity index (χ3v) is 1.94. The van der Waals surface area contributed by atoms with E-state index in [-0.39, 0.29) is 5.75 Å². The molecular formula is C11H14F3NO. The van der Waals surface area contributed by atoms with E-state index in [9.17, 15) is 13.2 Å². The van der Waals surface area contributed by atoms with Gasteiger partial charge in [-0.25, -0.2) is 0 Å². The maximum atomic E-state index is 12.1. The average molecular weight is 233 g/mol.